The molecule has 3 N–H and O–H groups in total. The van der Waals surface area contributed by atoms with Crippen molar-refractivity contribution in [1.82, 2.24) is 0 Å². The normalized spacial score (nSPS) is 13.6. The number of amides is 1. The average molecular weight is 232 g/mol. The molecule has 0 aromatic heterocycles. The summed E-state index contributed by atoms with van der Waals surface area (Å²) in [6, 6.07) is 4.39. The van der Waals surface area contributed by atoms with Crippen LogP contribution in [-0.4, -0.2) is 12.5 Å². The number of nitrogens with two attached hydrogens (primary N) is 1. The van der Waals surface area contributed by atoms with Crippen molar-refractivity contribution in [2.75, 3.05) is 11.9 Å². The molecule has 0 spiro atoms. The van der Waals surface area contributed by atoms with E-state index < -0.39 is 0 Å². The van der Waals surface area contributed by atoms with Crippen molar-refractivity contribution in [1.29, 1.82) is 0 Å². The van der Waals surface area contributed by atoms with Crippen LogP contribution in [0.1, 0.15) is 36.5 Å². The number of benzene rings is 1. The molecule has 1 amide bonds. The van der Waals surface area contributed by atoms with Gasteiger partial charge in [0.05, 0.1) is 6.42 Å². The van der Waals surface area contributed by atoms with Gasteiger partial charge in [0.15, 0.2) is 0 Å². The molecule has 0 atom stereocenters. The molecule has 0 saturated carbocycles. The molecule has 1 heterocycles. The Labute approximate surface area is 102 Å². The van der Waals surface area contributed by atoms with Gasteiger partial charge < -0.3 is 11.1 Å². The number of aryl methyl sites for hydroxylation is 2. The van der Waals surface area contributed by atoms with Gasteiger partial charge in [0.1, 0.15) is 0 Å². The fourth-order valence-electron chi connectivity index (χ4n) is 2.39. The van der Waals surface area contributed by atoms with Crippen molar-refractivity contribution < 1.29 is 4.79 Å². The molecule has 92 valence electrons. The summed E-state index contributed by atoms with van der Waals surface area (Å²) >= 11 is 0. The lowest BCUT2D eigenvalue weighted by atomic mass is 9.98. The van der Waals surface area contributed by atoms with Crippen LogP contribution in [0.5, 0.6) is 0 Å². The van der Waals surface area contributed by atoms with Gasteiger partial charge in [0, 0.05) is 5.69 Å². The third-order valence-corrected chi connectivity index (χ3v) is 3.28. The molecule has 0 fully saturated rings. The zero-order valence-corrected chi connectivity index (χ0v) is 10.4. The van der Waals surface area contributed by atoms with Crippen LogP contribution < -0.4 is 11.1 Å². The maximum atomic E-state index is 11.4. The van der Waals surface area contributed by atoms with E-state index in [0.29, 0.717) is 6.42 Å². The van der Waals surface area contributed by atoms with Gasteiger partial charge in [-0.05, 0) is 48.9 Å². The second-order valence-corrected chi connectivity index (χ2v) is 4.61. The van der Waals surface area contributed by atoms with Gasteiger partial charge in [-0.2, -0.15) is 0 Å². The molecule has 0 aliphatic carbocycles. The topological polar surface area (TPSA) is 55.1 Å². The van der Waals surface area contributed by atoms with E-state index in [1.54, 1.807) is 0 Å². The number of carbonyl (C=O) groups excluding carboxylic acids is 1. The number of anilines is 1. The summed E-state index contributed by atoms with van der Waals surface area (Å²) in [5, 5.41) is 2.95. The third-order valence-electron chi connectivity index (χ3n) is 3.28. The lowest BCUT2D eigenvalue weighted by Crippen LogP contribution is -2.04. The van der Waals surface area contributed by atoms with Gasteiger partial charge in [-0.3, -0.25) is 4.79 Å². The van der Waals surface area contributed by atoms with Crippen LogP contribution in [0, 0.1) is 0 Å². The Balaban J connectivity index is 2.20. The number of nitrogens with one attached hydrogen (secondary N) is 1. The Bertz CT molecular complexity index is 426. The molecule has 1 aliphatic rings. The molecule has 0 saturated heterocycles. The summed E-state index contributed by atoms with van der Waals surface area (Å²) in [4.78, 5) is 11.4. The summed E-state index contributed by atoms with van der Waals surface area (Å²) < 4.78 is 0. The van der Waals surface area contributed by atoms with Gasteiger partial charge >= 0.3 is 0 Å². The van der Waals surface area contributed by atoms with E-state index in [0.717, 1.165) is 43.5 Å². The highest BCUT2D eigenvalue weighted by molar-refractivity contribution is 6.00. The number of hydrogen-bond acceptors (Lipinski definition) is 2. The van der Waals surface area contributed by atoms with Gasteiger partial charge in [-0.25, -0.2) is 0 Å². The maximum Gasteiger partial charge on any atom is 0.228 e. The van der Waals surface area contributed by atoms with Gasteiger partial charge in [0.25, 0.3) is 0 Å². The standard InChI is InChI=1S/C14H20N2O/c1-2-11-7-10(5-3-4-6-15)8-12-9-13(17)16-14(11)12/h7-8H,2-6,9,15H2,1H3,(H,16,17). The predicted molar refractivity (Wildman–Crippen MR) is 70.1 cm³/mol. The second-order valence-electron chi connectivity index (χ2n) is 4.61. The number of carbonyl (C=O) groups is 1. The van der Waals surface area contributed by atoms with Gasteiger partial charge in [0.2, 0.25) is 5.91 Å². The fourth-order valence-corrected chi connectivity index (χ4v) is 2.39. The first-order valence-corrected chi connectivity index (χ1v) is 6.39. The highest BCUT2D eigenvalue weighted by Crippen LogP contribution is 2.29. The van der Waals surface area contributed by atoms with Crippen LogP contribution in [0.2, 0.25) is 0 Å². The lowest BCUT2D eigenvalue weighted by Gasteiger charge is -2.10. The largest absolute Gasteiger partial charge is 0.330 e. The van der Waals surface area contributed by atoms with Crippen molar-refractivity contribution in [3.05, 3.63) is 28.8 Å². The monoisotopic (exact) mass is 232 g/mol. The van der Waals surface area contributed by atoms with Crippen LogP contribution in [0.15, 0.2) is 12.1 Å². The number of unbranched alkanes of at least 4 members (excludes halogenated alkanes) is 1. The van der Waals surface area contributed by atoms with Crippen molar-refractivity contribution in [3.63, 3.8) is 0 Å². The van der Waals surface area contributed by atoms with Crippen LogP contribution in [-0.2, 0) is 24.1 Å². The van der Waals surface area contributed by atoms with Gasteiger partial charge in [-0.1, -0.05) is 19.1 Å². The van der Waals surface area contributed by atoms with Crippen LogP contribution in [0.25, 0.3) is 0 Å². The first-order chi connectivity index (χ1) is 8.24. The van der Waals surface area contributed by atoms with E-state index in [4.69, 9.17) is 5.73 Å². The molecule has 1 aromatic carbocycles. The highest BCUT2D eigenvalue weighted by atomic mass is 16.1. The minimum absolute atomic E-state index is 0.119. The molecule has 3 nitrogen and oxygen atoms in total. The summed E-state index contributed by atoms with van der Waals surface area (Å²) in [7, 11) is 0. The Morgan fingerprint density at radius 2 is 2.18 bits per heavy atom. The molecule has 1 aliphatic heterocycles. The second kappa shape index (κ2) is 5.32. The predicted octanol–water partition coefficient (Wildman–Crippen LogP) is 2.02. The van der Waals surface area contributed by atoms with Crippen molar-refractivity contribution in [2.45, 2.75) is 39.0 Å². The minimum atomic E-state index is 0.119. The quantitative estimate of drug-likeness (QED) is 0.763. The van der Waals surface area contributed by atoms with Gasteiger partial charge in [-0.15, -0.1) is 0 Å². The van der Waals surface area contributed by atoms with Crippen molar-refractivity contribution in [2.24, 2.45) is 5.73 Å². The van der Waals surface area contributed by atoms with Crippen LogP contribution >= 0.6 is 0 Å². The average Bonchev–Trinajstić information content (AvgIpc) is 2.68. The Morgan fingerprint density at radius 1 is 1.35 bits per heavy atom. The molecule has 0 unspecified atom stereocenters. The van der Waals surface area contributed by atoms with Crippen LogP contribution in [0.4, 0.5) is 5.69 Å². The number of hydrogen-bond donors (Lipinski definition) is 2. The van der Waals surface area contributed by atoms with E-state index in [1.165, 1.54) is 11.1 Å². The smallest absolute Gasteiger partial charge is 0.228 e. The minimum Gasteiger partial charge on any atom is -0.330 e. The molecule has 17 heavy (non-hydrogen) atoms. The summed E-state index contributed by atoms with van der Waals surface area (Å²) in [6.45, 7) is 2.88. The third kappa shape index (κ3) is 2.67. The highest BCUT2D eigenvalue weighted by Gasteiger charge is 2.20. The summed E-state index contributed by atoms with van der Waals surface area (Å²) in [5.41, 5.74) is 10.3. The van der Waals surface area contributed by atoms with E-state index in [2.05, 4.69) is 24.4 Å². The van der Waals surface area contributed by atoms with Crippen molar-refractivity contribution in [3.8, 4) is 0 Å². The van der Waals surface area contributed by atoms with Crippen LogP contribution in [0.3, 0.4) is 0 Å². The molecule has 0 radical (unpaired) electrons. The van der Waals surface area contributed by atoms with E-state index in [1.807, 2.05) is 0 Å². The molecule has 2 rings (SSSR count). The van der Waals surface area contributed by atoms with Crippen molar-refractivity contribution >= 4 is 11.6 Å². The molecular weight excluding hydrogens is 212 g/mol. The lowest BCUT2D eigenvalue weighted by molar-refractivity contribution is -0.115. The zero-order chi connectivity index (χ0) is 12.3. The molecule has 0 bridgehead atoms. The van der Waals surface area contributed by atoms with E-state index >= 15 is 0 Å². The Hall–Kier alpha value is -1.35. The Morgan fingerprint density at radius 3 is 2.88 bits per heavy atom. The van der Waals surface area contributed by atoms with E-state index in [-0.39, 0.29) is 5.91 Å². The first kappa shape index (κ1) is 12.1. The zero-order valence-electron chi connectivity index (χ0n) is 10.4. The number of fused-ring (bicyclic) bond motifs is 1. The Kier molecular flexibility index (Phi) is 3.79. The fraction of sp³-hybridized carbons (Fsp3) is 0.500. The number of rotatable bonds is 5. The molecule has 1 aromatic rings. The first-order valence-electron chi connectivity index (χ1n) is 6.39. The van der Waals surface area contributed by atoms with E-state index in [9.17, 15) is 4.79 Å². The summed E-state index contributed by atoms with van der Waals surface area (Å²) in [6.07, 6.45) is 4.75. The summed E-state index contributed by atoms with van der Waals surface area (Å²) in [5.74, 6) is 0.119. The molecular formula is C14H20N2O. The maximum absolute atomic E-state index is 11.4. The SMILES string of the molecule is CCc1cc(CCCCN)cc2c1NC(=O)C2. The molecule has 3 heteroatoms.